The van der Waals surface area contributed by atoms with Crippen LogP contribution in [0.1, 0.15) is 12.8 Å². The number of likely N-dealkylation sites (N-methyl/N-ethyl adjacent to an activating group) is 1. The number of carbonyl (C=O) groups is 1. The van der Waals surface area contributed by atoms with Gasteiger partial charge in [0.25, 0.3) is 0 Å². The summed E-state index contributed by atoms with van der Waals surface area (Å²) in [7, 11) is 3.69. The Morgan fingerprint density at radius 2 is 2.35 bits per heavy atom. The van der Waals surface area contributed by atoms with Crippen molar-refractivity contribution in [1.82, 2.24) is 9.80 Å². The Labute approximate surface area is 141 Å². The molecule has 1 aliphatic rings. The molecule has 2 rings (SSSR count). The average Bonchev–Trinajstić information content (AvgIpc) is 2.96. The van der Waals surface area contributed by atoms with Crippen molar-refractivity contribution < 1.29 is 13.9 Å². The maximum atomic E-state index is 13.1. The van der Waals surface area contributed by atoms with Crippen molar-refractivity contribution in [2.45, 2.75) is 18.9 Å². The average molecular weight is 344 g/mol. The van der Waals surface area contributed by atoms with Crippen LogP contribution in [0.25, 0.3) is 0 Å². The van der Waals surface area contributed by atoms with Gasteiger partial charge < -0.3 is 19.9 Å². The summed E-state index contributed by atoms with van der Waals surface area (Å²) < 4.78 is 18.1. The van der Waals surface area contributed by atoms with Crippen molar-refractivity contribution in [2.75, 3.05) is 45.7 Å². The number of nitrogens with zero attached hydrogens (tertiary/aromatic N) is 2. The fraction of sp³-hybridized carbons (Fsp3) is 0.562. The lowest BCUT2D eigenvalue weighted by molar-refractivity contribution is 0.143. The van der Waals surface area contributed by atoms with Gasteiger partial charge in [-0.25, -0.2) is 9.18 Å². The lowest BCUT2D eigenvalue weighted by Crippen LogP contribution is -2.44. The molecule has 0 aromatic heterocycles. The molecule has 1 aliphatic heterocycles. The largest absolute Gasteiger partial charge is 0.383 e. The van der Waals surface area contributed by atoms with Gasteiger partial charge in [-0.05, 0) is 38.1 Å². The molecule has 128 valence electrons. The maximum absolute atomic E-state index is 13.1. The fourth-order valence-electron chi connectivity index (χ4n) is 2.77. The lowest BCUT2D eigenvalue weighted by Gasteiger charge is -2.29. The molecule has 0 aliphatic carbocycles. The first-order valence-corrected chi connectivity index (χ1v) is 8.09. The van der Waals surface area contributed by atoms with Gasteiger partial charge in [-0.3, -0.25) is 0 Å². The van der Waals surface area contributed by atoms with Gasteiger partial charge in [0.1, 0.15) is 5.82 Å². The van der Waals surface area contributed by atoms with Crippen LogP contribution in [0.5, 0.6) is 0 Å². The van der Waals surface area contributed by atoms with Crippen LogP contribution in [-0.2, 0) is 4.74 Å². The number of amides is 2. The number of hydrogen-bond acceptors (Lipinski definition) is 3. The van der Waals surface area contributed by atoms with Crippen LogP contribution in [0.2, 0.25) is 5.02 Å². The molecule has 23 heavy (non-hydrogen) atoms. The number of hydrogen-bond donors (Lipinski definition) is 1. The predicted octanol–water partition coefficient (Wildman–Crippen LogP) is 3.05. The van der Waals surface area contributed by atoms with Gasteiger partial charge in [-0.1, -0.05) is 11.6 Å². The second kappa shape index (κ2) is 8.47. The monoisotopic (exact) mass is 343 g/mol. The molecule has 0 bridgehead atoms. The van der Waals surface area contributed by atoms with E-state index in [9.17, 15) is 9.18 Å². The van der Waals surface area contributed by atoms with E-state index in [2.05, 4.69) is 10.2 Å². The first kappa shape index (κ1) is 18.0. The predicted molar refractivity (Wildman–Crippen MR) is 89.5 cm³/mol. The molecule has 0 unspecified atom stereocenters. The number of benzene rings is 1. The Bertz CT molecular complexity index is 544. The highest BCUT2D eigenvalue weighted by molar-refractivity contribution is 6.33. The van der Waals surface area contributed by atoms with Crippen molar-refractivity contribution in [3.8, 4) is 0 Å². The smallest absolute Gasteiger partial charge is 0.322 e. The molecule has 7 heteroatoms. The van der Waals surface area contributed by atoms with E-state index in [1.54, 1.807) is 7.11 Å². The van der Waals surface area contributed by atoms with E-state index in [0.717, 1.165) is 25.9 Å². The molecule has 2 amide bonds. The van der Waals surface area contributed by atoms with Crippen LogP contribution in [0.3, 0.4) is 0 Å². The van der Waals surface area contributed by atoms with E-state index in [1.807, 2.05) is 11.9 Å². The first-order valence-electron chi connectivity index (χ1n) is 7.71. The summed E-state index contributed by atoms with van der Waals surface area (Å²) in [6.45, 7) is 3.01. The number of rotatable bonds is 6. The molecule has 1 N–H and O–H groups in total. The highest BCUT2D eigenvalue weighted by atomic mass is 35.5. The summed E-state index contributed by atoms with van der Waals surface area (Å²) in [6, 6.07) is 3.92. The zero-order chi connectivity index (χ0) is 16.8. The van der Waals surface area contributed by atoms with Gasteiger partial charge in [-0.2, -0.15) is 0 Å². The molecular weight excluding hydrogens is 321 g/mol. The maximum Gasteiger partial charge on any atom is 0.322 e. The summed E-state index contributed by atoms with van der Waals surface area (Å²) >= 11 is 5.96. The fourth-order valence-corrected chi connectivity index (χ4v) is 2.98. The summed E-state index contributed by atoms with van der Waals surface area (Å²) in [6.07, 6.45) is 1.95. The minimum Gasteiger partial charge on any atom is -0.383 e. The van der Waals surface area contributed by atoms with Crippen LogP contribution in [0, 0.1) is 5.82 Å². The number of anilines is 1. The Hall–Kier alpha value is -1.37. The highest BCUT2D eigenvalue weighted by Gasteiger charge is 2.29. The number of ether oxygens (including phenoxy) is 1. The third-order valence-electron chi connectivity index (χ3n) is 4.01. The molecule has 1 heterocycles. The van der Waals surface area contributed by atoms with E-state index >= 15 is 0 Å². The standard InChI is InChI=1S/C16H23ClFN3O2/c1-20(8-9-23-2)11-13-4-3-7-21(13)16(22)19-15-6-5-12(18)10-14(15)17/h5-6,10,13H,3-4,7-9,11H2,1-2H3,(H,19,22)/t13-/m1/s1. The van der Waals surface area contributed by atoms with Crippen molar-refractivity contribution >= 4 is 23.3 Å². The van der Waals surface area contributed by atoms with Crippen LogP contribution in [-0.4, -0.2) is 62.3 Å². The minimum atomic E-state index is -0.424. The molecular formula is C16H23ClFN3O2. The van der Waals surface area contributed by atoms with Gasteiger partial charge in [0.2, 0.25) is 0 Å². The second-order valence-corrected chi connectivity index (χ2v) is 6.21. The molecule has 1 fully saturated rings. The Balaban J connectivity index is 1.94. The summed E-state index contributed by atoms with van der Waals surface area (Å²) in [5.41, 5.74) is 0.427. The lowest BCUT2D eigenvalue weighted by atomic mass is 10.2. The highest BCUT2D eigenvalue weighted by Crippen LogP contribution is 2.24. The van der Waals surface area contributed by atoms with Crippen molar-refractivity contribution in [3.63, 3.8) is 0 Å². The molecule has 1 aromatic carbocycles. The summed E-state index contributed by atoms with van der Waals surface area (Å²) in [4.78, 5) is 16.5. The normalized spacial score (nSPS) is 17.8. The van der Waals surface area contributed by atoms with E-state index in [4.69, 9.17) is 16.3 Å². The molecule has 0 saturated carbocycles. The summed E-state index contributed by atoms with van der Waals surface area (Å²) in [5, 5.41) is 2.97. The number of urea groups is 1. The van der Waals surface area contributed by atoms with E-state index in [1.165, 1.54) is 18.2 Å². The SMILES string of the molecule is COCCN(C)C[C@H]1CCCN1C(=O)Nc1ccc(F)cc1Cl. The van der Waals surface area contributed by atoms with Crippen LogP contribution < -0.4 is 5.32 Å². The molecule has 5 nitrogen and oxygen atoms in total. The number of halogens is 2. The number of methoxy groups -OCH3 is 1. The van der Waals surface area contributed by atoms with Gasteiger partial charge in [0, 0.05) is 32.8 Å². The van der Waals surface area contributed by atoms with Gasteiger partial charge in [-0.15, -0.1) is 0 Å². The van der Waals surface area contributed by atoms with Gasteiger partial charge in [0.05, 0.1) is 17.3 Å². The van der Waals surface area contributed by atoms with Gasteiger partial charge in [0.15, 0.2) is 0 Å². The molecule has 0 radical (unpaired) electrons. The van der Waals surface area contributed by atoms with Crippen LogP contribution >= 0.6 is 11.6 Å². The van der Waals surface area contributed by atoms with Crippen LogP contribution in [0.15, 0.2) is 18.2 Å². The van der Waals surface area contributed by atoms with Gasteiger partial charge >= 0.3 is 6.03 Å². The van der Waals surface area contributed by atoms with Crippen LogP contribution in [0.4, 0.5) is 14.9 Å². The molecule has 1 atom stereocenters. The second-order valence-electron chi connectivity index (χ2n) is 5.80. The Kier molecular flexibility index (Phi) is 6.62. The summed E-state index contributed by atoms with van der Waals surface area (Å²) in [5.74, 6) is -0.424. The van der Waals surface area contributed by atoms with E-state index in [0.29, 0.717) is 18.8 Å². The van der Waals surface area contributed by atoms with E-state index < -0.39 is 5.82 Å². The number of likely N-dealkylation sites (tertiary alicyclic amines) is 1. The third kappa shape index (κ3) is 5.06. The minimum absolute atomic E-state index is 0.163. The topological polar surface area (TPSA) is 44.8 Å². The number of nitrogens with one attached hydrogen (secondary N) is 1. The van der Waals surface area contributed by atoms with Crippen molar-refractivity contribution in [1.29, 1.82) is 0 Å². The molecule has 1 aromatic rings. The molecule has 1 saturated heterocycles. The Morgan fingerprint density at radius 3 is 3.04 bits per heavy atom. The Morgan fingerprint density at radius 1 is 1.57 bits per heavy atom. The zero-order valence-electron chi connectivity index (χ0n) is 13.5. The molecule has 0 spiro atoms. The van der Waals surface area contributed by atoms with E-state index in [-0.39, 0.29) is 17.1 Å². The third-order valence-corrected chi connectivity index (χ3v) is 4.32. The number of carbonyl (C=O) groups excluding carboxylic acids is 1. The zero-order valence-corrected chi connectivity index (χ0v) is 14.3. The first-order chi connectivity index (χ1) is 11.0. The van der Waals surface area contributed by atoms with Crippen molar-refractivity contribution in [3.05, 3.63) is 29.0 Å². The van der Waals surface area contributed by atoms with Crippen molar-refractivity contribution in [2.24, 2.45) is 0 Å². The quantitative estimate of drug-likeness (QED) is 0.863.